The van der Waals surface area contributed by atoms with Crippen molar-refractivity contribution in [2.75, 3.05) is 0 Å². The molecule has 2 unspecified atom stereocenters. The van der Waals surface area contributed by atoms with Crippen LogP contribution in [0.5, 0.6) is 0 Å². The number of carbonyl (C=O) groups is 1. The van der Waals surface area contributed by atoms with Gasteiger partial charge in [-0.2, -0.15) is 0 Å². The first kappa shape index (κ1) is 9.95. The number of aliphatic hydroxyl groups is 2. The van der Waals surface area contributed by atoms with E-state index in [-0.39, 0.29) is 6.42 Å². The summed E-state index contributed by atoms with van der Waals surface area (Å²) in [4.78, 5) is 9.99. The van der Waals surface area contributed by atoms with E-state index in [0.29, 0.717) is 0 Å². The van der Waals surface area contributed by atoms with E-state index >= 15 is 0 Å². The van der Waals surface area contributed by atoms with Gasteiger partial charge in [0.05, 0.1) is 12.5 Å². The summed E-state index contributed by atoms with van der Waals surface area (Å²) < 4.78 is 0. The lowest BCUT2D eigenvalue weighted by molar-refractivity contribution is -0.139. The highest BCUT2D eigenvalue weighted by molar-refractivity contribution is 5.67. The van der Waals surface area contributed by atoms with E-state index in [1.54, 1.807) is 0 Å². The second-order valence-corrected chi connectivity index (χ2v) is 2.17. The fraction of sp³-hybridized carbons (Fsp3) is 0.571. The Kier molecular flexibility index (Phi) is 4.27. The van der Waals surface area contributed by atoms with Gasteiger partial charge < -0.3 is 15.3 Å². The monoisotopic (exact) mass is 158 g/mol. The normalized spacial score (nSPS) is 15.0. The summed E-state index contributed by atoms with van der Waals surface area (Å²) in [5, 5.41) is 25.8. The van der Waals surface area contributed by atoms with Crippen LogP contribution >= 0.6 is 0 Å². The average Bonchev–Trinajstić information content (AvgIpc) is 1.85. The van der Waals surface area contributed by atoms with Gasteiger partial charge in [0.1, 0.15) is 6.10 Å². The predicted octanol–water partition coefficient (Wildman–Crippen LogP) is -0.794. The van der Waals surface area contributed by atoms with Crippen molar-refractivity contribution in [2.45, 2.75) is 25.0 Å². The molecule has 0 heterocycles. The molecular weight excluding hydrogens is 148 g/mol. The van der Waals surface area contributed by atoms with Gasteiger partial charge in [-0.15, -0.1) is 6.42 Å². The third kappa shape index (κ3) is 5.40. The molecule has 0 aliphatic rings. The van der Waals surface area contributed by atoms with Crippen molar-refractivity contribution in [3.63, 3.8) is 0 Å². The number of rotatable bonds is 4. The SMILES string of the molecule is C#CC(O)CC(O)CC(=O)O. The van der Waals surface area contributed by atoms with E-state index in [0.717, 1.165) is 0 Å². The minimum Gasteiger partial charge on any atom is -0.481 e. The first-order valence-corrected chi connectivity index (χ1v) is 3.10. The van der Waals surface area contributed by atoms with Gasteiger partial charge in [0, 0.05) is 6.42 Å². The van der Waals surface area contributed by atoms with Crippen LogP contribution < -0.4 is 0 Å². The van der Waals surface area contributed by atoms with Gasteiger partial charge in [0.25, 0.3) is 0 Å². The summed E-state index contributed by atoms with van der Waals surface area (Å²) in [7, 11) is 0. The van der Waals surface area contributed by atoms with Gasteiger partial charge in [-0.25, -0.2) is 0 Å². The Morgan fingerprint density at radius 1 is 1.55 bits per heavy atom. The molecule has 2 atom stereocenters. The van der Waals surface area contributed by atoms with Gasteiger partial charge in [0.15, 0.2) is 0 Å². The highest BCUT2D eigenvalue weighted by Crippen LogP contribution is 2.01. The summed E-state index contributed by atoms with van der Waals surface area (Å²) in [5.74, 6) is 0.862. The Hall–Kier alpha value is -1.05. The zero-order valence-electron chi connectivity index (χ0n) is 5.90. The van der Waals surface area contributed by atoms with E-state index in [4.69, 9.17) is 21.7 Å². The van der Waals surface area contributed by atoms with E-state index in [1.165, 1.54) is 0 Å². The van der Waals surface area contributed by atoms with Crippen LogP contribution in [0.2, 0.25) is 0 Å². The van der Waals surface area contributed by atoms with E-state index in [1.807, 2.05) is 5.92 Å². The van der Waals surface area contributed by atoms with Crippen molar-refractivity contribution < 1.29 is 20.1 Å². The van der Waals surface area contributed by atoms with Gasteiger partial charge in [-0.1, -0.05) is 5.92 Å². The maximum atomic E-state index is 9.99. The van der Waals surface area contributed by atoms with Crippen LogP contribution in [0.15, 0.2) is 0 Å². The maximum absolute atomic E-state index is 9.99. The third-order valence-corrected chi connectivity index (χ3v) is 1.10. The highest BCUT2D eigenvalue weighted by atomic mass is 16.4. The van der Waals surface area contributed by atoms with Crippen LogP contribution in [-0.2, 0) is 4.79 Å². The molecule has 62 valence electrons. The maximum Gasteiger partial charge on any atom is 0.305 e. The fourth-order valence-electron chi connectivity index (χ4n) is 0.611. The van der Waals surface area contributed by atoms with Gasteiger partial charge >= 0.3 is 5.97 Å². The molecule has 0 radical (unpaired) electrons. The number of carboxylic acid groups (broad SMARTS) is 1. The minimum atomic E-state index is -1.11. The molecule has 0 amide bonds. The Morgan fingerprint density at radius 3 is 2.45 bits per heavy atom. The molecule has 0 saturated heterocycles. The Morgan fingerprint density at radius 2 is 2.09 bits per heavy atom. The average molecular weight is 158 g/mol. The number of carboxylic acids is 1. The first-order valence-electron chi connectivity index (χ1n) is 3.10. The Bertz CT molecular complexity index is 170. The zero-order chi connectivity index (χ0) is 8.85. The van der Waals surface area contributed by atoms with Gasteiger partial charge in [0.2, 0.25) is 0 Å². The van der Waals surface area contributed by atoms with Crippen molar-refractivity contribution in [3.8, 4) is 12.3 Å². The van der Waals surface area contributed by atoms with Crippen LogP contribution in [0.1, 0.15) is 12.8 Å². The summed E-state index contributed by atoms with van der Waals surface area (Å²) in [6.45, 7) is 0. The first-order chi connectivity index (χ1) is 5.06. The predicted molar refractivity (Wildman–Crippen MR) is 37.7 cm³/mol. The lowest BCUT2D eigenvalue weighted by Gasteiger charge is -2.08. The van der Waals surface area contributed by atoms with E-state index < -0.39 is 24.6 Å². The number of hydrogen-bond donors (Lipinski definition) is 3. The second kappa shape index (κ2) is 4.72. The van der Waals surface area contributed by atoms with Crippen molar-refractivity contribution in [2.24, 2.45) is 0 Å². The summed E-state index contributed by atoms with van der Waals surface area (Å²) in [6.07, 6.45) is 2.17. The molecule has 0 spiro atoms. The molecule has 0 aromatic heterocycles. The van der Waals surface area contributed by atoms with Crippen molar-refractivity contribution >= 4 is 5.97 Å². The number of aliphatic hydroxyl groups excluding tert-OH is 2. The molecule has 0 aliphatic heterocycles. The summed E-state index contributed by atoms with van der Waals surface area (Å²) >= 11 is 0. The van der Waals surface area contributed by atoms with Gasteiger partial charge in [-0.05, 0) is 0 Å². The van der Waals surface area contributed by atoms with Crippen molar-refractivity contribution in [1.29, 1.82) is 0 Å². The molecule has 3 N–H and O–H groups in total. The van der Waals surface area contributed by atoms with Crippen LogP contribution in [0.4, 0.5) is 0 Å². The van der Waals surface area contributed by atoms with Crippen LogP contribution in [-0.4, -0.2) is 33.5 Å². The molecule has 0 bridgehead atoms. The molecule has 0 aromatic rings. The quantitative estimate of drug-likeness (QED) is 0.468. The Labute approximate surface area is 64.5 Å². The zero-order valence-corrected chi connectivity index (χ0v) is 5.90. The summed E-state index contributed by atoms with van der Waals surface area (Å²) in [5.41, 5.74) is 0. The van der Waals surface area contributed by atoms with E-state index in [9.17, 15) is 4.79 Å². The molecule has 0 aromatic carbocycles. The molecule has 0 fully saturated rings. The smallest absolute Gasteiger partial charge is 0.305 e. The molecule has 0 rings (SSSR count). The highest BCUT2D eigenvalue weighted by Gasteiger charge is 2.12. The molecular formula is C7H10O4. The lowest BCUT2D eigenvalue weighted by atomic mass is 10.1. The molecule has 11 heavy (non-hydrogen) atoms. The number of hydrogen-bond acceptors (Lipinski definition) is 3. The van der Waals surface area contributed by atoms with Crippen LogP contribution in [0.25, 0.3) is 0 Å². The topological polar surface area (TPSA) is 77.8 Å². The van der Waals surface area contributed by atoms with Crippen LogP contribution in [0, 0.1) is 12.3 Å². The van der Waals surface area contributed by atoms with E-state index in [2.05, 4.69) is 0 Å². The summed E-state index contributed by atoms with van der Waals surface area (Å²) in [6, 6.07) is 0. The lowest BCUT2D eigenvalue weighted by Crippen LogP contribution is -2.19. The second-order valence-electron chi connectivity index (χ2n) is 2.17. The fourth-order valence-corrected chi connectivity index (χ4v) is 0.611. The molecule has 4 nitrogen and oxygen atoms in total. The minimum absolute atomic E-state index is 0.0944. The Balaban J connectivity index is 3.62. The van der Waals surface area contributed by atoms with Gasteiger partial charge in [-0.3, -0.25) is 4.79 Å². The van der Waals surface area contributed by atoms with Crippen LogP contribution in [0.3, 0.4) is 0 Å². The molecule has 4 heteroatoms. The van der Waals surface area contributed by atoms with Crippen molar-refractivity contribution in [3.05, 3.63) is 0 Å². The standard InChI is InChI=1S/C7H10O4/c1-2-5(8)3-6(9)4-7(10)11/h1,5-6,8-9H,3-4H2,(H,10,11). The molecule has 0 aliphatic carbocycles. The third-order valence-electron chi connectivity index (χ3n) is 1.10. The number of terminal acetylenes is 1. The molecule has 0 saturated carbocycles. The van der Waals surface area contributed by atoms with Crippen molar-refractivity contribution in [1.82, 2.24) is 0 Å². The number of aliphatic carboxylic acids is 1. The largest absolute Gasteiger partial charge is 0.481 e.